The minimum Gasteiger partial charge on any atom is -0.388 e. The highest BCUT2D eigenvalue weighted by atomic mass is 32.2. The zero-order valence-electron chi connectivity index (χ0n) is 11.9. The molecule has 1 atom stereocenters. The van der Waals surface area contributed by atoms with Crippen molar-refractivity contribution in [3.63, 3.8) is 0 Å². The number of nitrogens with zero attached hydrogens (tertiary/aromatic N) is 5. The number of aliphatic hydroxyl groups is 1. The first kappa shape index (κ1) is 15.0. The van der Waals surface area contributed by atoms with E-state index in [2.05, 4.69) is 27.3 Å². The highest BCUT2D eigenvalue weighted by Gasteiger charge is 2.19. The zero-order valence-corrected chi connectivity index (χ0v) is 12.7. The summed E-state index contributed by atoms with van der Waals surface area (Å²) in [6, 6.07) is 0. The average molecular weight is 297 g/mol. The van der Waals surface area contributed by atoms with E-state index in [4.69, 9.17) is 4.52 Å². The molecule has 8 heteroatoms. The van der Waals surface area contributed by atoms with Gasteiger partial charge in [-0.05, 0) is 13.3 Å². The van der Waals surface area contributed by atoms with Gasteiger partial charge in [0.2, 0.25) is 5.89 Å². The summed E-state index contributed by atoms with van der Waals surface area (Å²) in [5.74, 6) is 1.88. The molecule has 0 spiro atoms. The van der Waals surface area contributed by atoms with Crippen LogP contribution in [-0.4, -0.2) is 30.0 Å². The lowest BCUT2D eigenvalue weighted by atomic mass is 10.4. The molecular weight excluding hydrogens is 278 g/mol. The van der Waals surface area contributed by atoms with Crippen molar-refractivity contribution in [1.29, 1.82) is 0 Å². The number of thioether (sulfide) groups is 1. The minimum absolute atomic E-state index is 0.00542. The Labute approximate surface area is 121 Å². The van der Waals surface area contributed by atoms with Gasteiger partial charge in [0, 0.05) is 13.0 Å². The van der Waals surface area contributed by atoms with Gasteiger partial charge in [-0.2, -0.15) is 4.98 Å². The van der Waals surface area contributed by atoms with Crippen LogP contribution >= 0.6 is 11.8 Å². The molecule has 7 nitrogen and oxygen atoms in total. The molecule has 0 saturated carbocycles. The van der Waals surface area contributed by atoms with Crippen LogP contribution in [0, 0.1) is 0 Å². The van der Waals surface area contributed by atoms with E-state index in [9.17, 15) is 5.11 Å². The number of aliphatic hydroxyl groups excluding tert-OH is 1. The lowest BCUT2D eigenvalue weighted by Gasteiger charge is -2.09. The number of aryl methyl sites for hydroxylation is 1. The normalized spacial score (nSPS) is 12.8. The van der Waals surface area contributed by atoms with Gasteiger partial charge in [0.1, 0.15) is 6.61 Å². The van der Waals surface area contributed by atoms with Crippen LogP contribution in [0.3, 0.4) is 0 Å². The van der Waals surface area contributed by atoms with Crippen molar-refractivity contribution in [1.82, 2.24) is 24.9 Å². The van der Waals surface area contributed by atoms with Crippen molar-refractivity contribution in [3.8, 4) is 0 Å². The quantitative estimate of drug-likeness (QED) is 0.781. The van der Waals surface area contributed by atoms with Crippen molar-refractivity contribution in [2.45, 2.75) is 57.2 Å². The van der Waals surface area contributed by atoms with Crippen LogP contribution in [0.2, 0.25) is 0 Å². The summed E-state index contributed by atoms with van der Waals surface area (Å²) in [6.07, 6.45) is 1.70. The predicted octanol–water partition coefficient (Wildman–Crippen LogP) is 1.98. The molecule has 110 valence electrons. The molecule has 0 aliphatic rings. The second-order valence-electron chi connectivity index (χ2n) is 4.37. The Hall–Kier alpha value is -1.41. The van der Waals surface area contributed by atoms with E-state index in [-0.39, 0.29) is 11.9 Å². The van der Waals surface area contributed by atoms with E-state index in [0.717, 1.165) is 24.5 Å². The van der Waals surface area contributed by atoms with Crippen LogP contribution in [0.25, 0.3) is 0 Å². The molecule has 2 heterocycles. The molecule has 0 radical (unpaired) electrons. The highest BCUT2D eigenvalue weighted by molar-refractivity contribution is 7.99. The molecule has 0 fully saturated rings. The van der Waals surface area contributed by atoms with Crippen LogP contribution in [0.15, 0.2) is 9.68 Å². The summed E-state index contributed by atoms with van der Waals surface area (Å²) >= 11 is 1.51. The van der Waals surface area contributed by atoms with Crippen molar-refractivity contribution in [3.05, 3.63) is 17.5 Å². The van der Waals surface area contributed by atoms with Crippen molar-refractivity contribution in [2.75, 3.05) is 0 Å². The topological polar surface area (TPSA) is 89.9 Å². The van der Waals surface area contributed by atoms with Gasteiger partial charge in [-0.3, -0.25) is 0 Å². The maximum Gasteiger partial charge on any atom is 0.239 e. The van der Waals surface area contributed by atoms with Gasteiger partial charge in [-0.1, -0.05) is 30.8 Å². The Morgan fingerprint density at radius 2 is 2.15 bits per heavy atom. The Kier molecular flexibility index (Phi) is 5.13. The summed E-state index contributed by atoms with van der Waals surface area (Å²) in [4.78, 5) is 4.32. The van der Waals surface area contributed by atoms with E-state index in [1.165, 1.54) is 11.8 Å². The summed E-state index contributed by atoms with van der Waals surface area (Å²) in [7, 11) is 0. The maximum absolute atomic E-state index is 9.27. The summed E-state index contributed by atoms with van der Waals surface area (Å²) < 4.78 is 7.16. The fraction of sp³-hybridized carbons (Fsp3) is 0.667. The molecule has 1 unspecified atom stereocenters. The summed E-state index contributed by atoms with van der Waals surface area (Å²) in [6.45, 7) is 6.72. The van der Waals surface area contributed by atoms with Crippen LogP contribution in [0.1, 0.15) is 50.0 Å². The first-order valence-corrected chi connectivity index (χ1v) is 7.59. The second-order valence-corrected chi connectivity index (χ2v) is 5.68. The molecule has 0 bridgehead atoms. The molecule has 2 aromatic heterocycles. The Balaban J connectivity index is 2.14. The van der Waals surface area contributed by atoms with Gasteiger partial charge in [-0.25, -0.2) is 0 Å². The number of hydrogen-bond acceptors (Lipinski definition) is 7. The SMILES string of the molecule is CCCn1c(CO)nnc1SC(C)c1nc(CC)no1. The van der Waals surface area contributed by atoms with E-state index >= 15 is 0 Å². The van der Waals surface area contributed by atoms with E-state index in [1.807, 2.05) is 18.4 Å². The summed E-state index contributed by atoms with van der Waals surface area (Å²) in [5.41, 5.74) is 0. The number of hydrogen-bond donors (Lipinski definition) is 1. The lowest BCUT2D eigenvalue weighted by Crippen LogP contribution is -2.05. The smallest absolute Gasteiger partial charge is 0.239 e. The van der Waals surface area contributed by atoms with Gasteiger partial charge in [0.15, 0.2) is 16.8 Å². The predicted molar refractivity (Wildman–Crippen MR) is 74.2 cm³/mol. The lowest BCUT2D eigenvalue weighted by molar-refractivity contribution is 0.263. The third kappa shape index (κ3) is 3.18. The van der Waals surface area contributed by atoms with Gasteiger partial charge in [0.25, 0.3) is 0 Å². The Morgan fingerprint density at radius 1 is 1.35 bits per heavy atom. The summed E-state index contributed by atoms with van der Waals surface area (Å²) in [5, 5.41) is 22.0. The molecule has 0 amide bonds. The van der Waals surface area contributed by atoms with Crippen molar-refractivity contribution in [2.24, 2.45) is 0 Å². The van der Waals surface area contributed by atoms with Crippen LogP contribution < -0.4 is 0 Å². The number of aromatic nitrogens is 5. The largest absolute Gasteiger partial charge is 0.388 e. The number of rotatable bonds is 7. The molecule has 2 aromatic rings. The third-order valence-electron chi connectivity index (χ3n) is 2.81. The first-order valence-electron chi connectivity index (χ1n) is 6.71. The molecule has 1 N–H and O–H groups in total. The van der Waals surface area contributed by atoms with Gasteiger partial charge in [-0.15, -0.1) is 10.2 Å². The molecule has 0 aromatic carbocycles. The van der Waals surface area contributed by atoms with Crippen molar-refractivity contribution >= 4 is 11.8 Å². The maximum atomic E-state index is 9.27. The molecule has 0 saturated heterocycles. The van der Waals surface area contributed by atoms with Gasteiger partial charge in [0.05, 0.1) is 5.25 Å². The van der Waals surface area contributed by atoms with E-state index < -0.39 is 0 Å². The van der Waals surface area contributed by atoms with E-state index in [1.54, 1.807) is 0 Å². The Bertz CT molecular complexity index is 554. The van der Waals surface area contributed by atoms with Crippen LogP contribution in [-0.2, 0) is 19.6 Å². The van der Waals surface area contributed by atoms with Gasteiger partial charge >= 0.3 is 0 Å². The molecule has 0 aliphatic carbocycles. The first-order chi connectivity index (χ1) is 9.69. The standard InChI is InChI=1S/C12H19N5O2S/c1-4-6-17-10(7-18)14-15-12(17)20-8(3)11-13-9(5-2)16-19-11/h8,18H,4-7H2,1-3H3. The van der Waals surface area contributed by atoms with Crippen molar-refractivity contribution < 1.29 is 9.63 Å². The van der Waals surface area contributed by atoms with Crippen LogP contribution in [0.5, 0.6) is 0 Å². The molecule has 2 rings (SSSR count). The zero-order chi connectivity index (χ0) is 14.5. The fourth-order valence-corrected chi connectivity index (χ4v) is 2.68. The van der Waals surface area contributed by atoms with Crippen LogP contribution in [0.4, 0.5) is 0 Å². The highest BCUT2D eigenvalue weighted by Crippen LogP contribution is 2.33. The monoisotopic (exact) mass is 297 g/mol. The Morgan fingerprint density at radius 3 is 2.75 bits per heavy atom. The minimum atomic E-state index is -0.109. The molecule has 20 heavy (non-hydrogen) atoms. The second kappa shape index (κ2) is 6.85. The van der Waals surface area contributed by atoms with E-state index in [0.29, 0.717) is 17.5 Å². The average Bonchev–Trinajstić information content (AvgIpc) is 3.07. The van der Waals surface area contributed by atoms with Gasteiger partial charge < -0.3 is 14.2 Å². The third-order valence-corrected chi connectivity index (χ3v) is 3.88. The fourth-order valence-electron chi connectivity index (χ4n) is 1.76. The molecule has 0 aliphatic heterocycles. The molecular formula is C12H19N5O2S.